The normalized spacial score (nSPS) is 10.6. The van der Waals surface area contributed by atoms with Gasteiger partial charge < -0.3 is 4.74 Å². The molecule has 0 fully saturated rings. The van der Waals surface area contributed by atoms with Crippen molar-refractivity contribution < 1.29 is 9.13 Å². The Morgan fingerprint density at radius 1 is 1.14 bits per heavy atom. The molecule has 4 heteroatoms. The minimum absolute atomic E-state index is 0.231. The summed E-state index contributed by atoms with van der Waals surface area (Å²) in [5.41, 5.74) is 2.98. The van der Waals surface area contributed by atoms with E-state index in [2.05, 4.69) is 11.1 Å². The molecule has 1 aromatic heterocycles. The number of aromatic nitrogens is 1. The second kappa shape index (κ2) is 6.06. The predicted molar refractivity (Wildman–Crippen MR) is 83.3 cm³/mol. The molecule has 0 aliphatic carbocycles. The first-order valence-corrected chi connectivity index (χ1v) is 7.46. The standard InChI is InChI=1S/C17H14FNOS/c1-20-15-4-2-3-12(9-15)10-17-19-16(11-21-17)13-5-7-14(18)8-6-13/h2-9,11H,10H2,1H3. The third-order valence-electron chi connectivity index (χ3n) is 3.18. The lowest BCUT2D eigenvalue weighted by atomic mass is 10.1. The molecule has 0 aliphatic heterocycles. The summed E-state index contributed by atoms with van der Waals surface area (Å²) in [5.74, 6) is 0.619. The summed E-state index contributed by atoms with van der Waals surface area (Å²) in [6, 6.07) is 14.4. The Labute approximate surface area is 126 Å². The molecule has 1 heterocycles. The predicted octanol–water partition coefficient (Wildman–Crippen LogP) is 4.55. The summed E-state index contributed by atoms with van der Waals surface area (Å²) in [4.78, 5) is 4.62. The fourth-order valence-corrected chi connectivity index (χ4v) is 2.94. The van der Waals surface area contributed by atoms with Gasteiger partial charge in [0, 0.05) is 17.4 Å². The highest BCUT2D eigenvalue weighted by atomic mass is 32.1. The van der Waals surface area contributed by atoms with E-state index in [0.717, 1.165) is 34.0 Å². The molecule has 21 heavy (non-hydrogen) atoms. The lowest BCUT2D eigenvalue weighted by Gasteiger charge is -2.02. The van der Waals surface area contributed by atoms with Crippen molar-refractivity contribution in [2.45, 2.75) is 6.42 Å². The lowest BCUT2D eigenvalue weighted by Crippen LogP contribution is -1.89. The molecule has 2 aromatic carbocycles. The molecule has 0 bridgehead atoms. The summed E-state index contributed by atoms with van der Waals surface area (Å²) in [6.45, 7) is 0. The molecule has 0 atom stereocenters. The number of ether oxygens (including phenoxy) is 1. The average Bonchev–Trinajstić information content (AvgIpc) is 2.96. The van der Waals surface area contributed by atoms with Crippen LogP contribution in [0.4, 0.5) is 4.39 Å². The van der Waals surface area contributed by atoms with E-state index in [-0.39, 0.29) is 5.82 Å². The van der Waals surface area contributed by atoms with Crippen LogP contribution in [0.2, 0.25) is 0 Å². The number of thiazole rings is 1. The zero-order valence-corrected chi connectivity index (χ0v) is 12.4. The summed E-state index contributed by atoms with van der Waals surface area (Å²) in [7, 11) is 1.66. The number of nitrogens with zero attached hydrogens (tertiary/aromatic N) is 1. The van der Waals surface area contributed by atoms with E-state index in [1.807, 2.05) is 23.6 Å². The zero-order chi connectivity index (χ0) is 14.7. The van der Waals surface area contributed by atoms with E-state index in [9.17, 15) is 4.39 Å². The molecule has 0 amide bonds. The van der Waals surface area contributed by atoms with Gasteiger partial charge in [-0.05, 0) is 42.0 Å². The van der Waals surface area contributed by atoms with Gasteiger partial charge in [0.05, 0.1) is 17.8 Å². The first-order chi connectivity index (χ1) is 10.2. The van der Waals surface area contributed by atoms with Gasteiger partial charge >= 0.3 is 0 Å². The van der Waals surface area contributed by atoms with Gasteiger partial charge in [-0.3, -0.25) is 0 Å². The van der Waals surface area contributed by atoms with Crippen molar-refractivity contribution in [2.24, 2.45) is 0 Å². The van der Waals surface area contributed by atoms with Crippen molar-refractivity contribution in [3.63, 3.8) is 0 Å². The fourth-order valence-electron chi connectivity index (χ4n) is 2.10. The molecule has 2 nitrogen and oxygen atoms in total. The van der Waals surface area contributed by atoms with Crippen LogP contribution >= 0.6 is 11.3 Å². The van der Waals surface area contributed by atoms with Crippen LogP contribution in [0.5, 0.6) is 5.75 Å². The molecule has 0 spiro atoms. The molecule has 0 saturated carbocycles. The van der Waals surface area contributed by atoms with Crippen LogP contribution in [-0.4, -0.2) is 12.1 Å². The largest absolute Gasteiger partial charge is 0.497 e. The Balaban J connectivity index is 1.80. The summed E-state index contributed by atoms with van der Waals surface area (Å²) < 4.78 is 18.2. The molecule has 106 valence electrons. The van der Waals surface area contributed by atoms with Crippen molar-refractivity contribution in [3.05, 3.63) is 70.3 Å². The third-order valence-corrected chi connectivity index (χ3v) is 4.03. The Morgan fingerprint density at radius 2 is 1.95 bits per heavy atom. The number of hydrogen-bond acceptors (Lipinski definition) is 3. The summed E-state index contributed by atoms with van der Waals surface area (Å²) >= 11 is 1.61. The van der Waals surface area contributed by atoms with Gasteiger partial charge in [-0.25, -0.2) is 9.37 Å². The smallest absolute Gasteiger partial charge is 0.123 e. The third kappa shape index (κ3) is 3.28. The molecule has 0 aliphatic rings. The molecule has 0 saturated heterocycles. The second-order valence-electron chi connectivity index (χ2n) is 4.66. The second-order valence-corrected chi connectivity index (χ2v) is 5.60. The topological polar surface area (TPSA) is 22.1 Å². The maximum absolute atomic E-state index is 12.9. The highest BCUT2D eigenvalue weighted by molar-refractivity contribution is 7.10. The molecular weight excluding hydrogens is 285 g/mol. The molecule has 3 rings (SSSR count). The quantitative estimate of drug-likeness (QED) is 0.705. The highest BCUT2D eigenvalue weighted by Crippen LogP contribution is 2.24. The van der Waals surface area contributed by atoms with E-state index < -0.39 is 0 Å². The van der Waals surface area contributed by atoms with Crippen molar-refractivity contribution in [2.75, 3.05) is 7.11 Å². The van der Waals surface area contributed by atoms with Gasteiger partial charge in [0.2, 0.25) is 0 Å². The minimum Gasteiger partial charge on any atom is -0.497 e. The lowest BCUT2D eigenvalue weighted by molar-refractivity contribution is 0.414. The zero-order valence-electron chi connectivity index (χ0n) is 11.5. The molecule has 3 aromatic rings. The number of halogens is 1. The molecule has 0 radical (unpaired) electrons. The number of hydrogen-bond donors (Lipinski definition) is 0. The molecule has 0 N–H and O–H groups in total. The van der Waals surface area contributed by atoms with E-state index >= 15 is 0 Å². The first-order valence-electron chi connectivity index (χ1n) is 6.58. The minimum atomic E-state index is -0.231. The van der Waals surface area contributed by atoms with Crippen LogP contribution in [-0.2, 0) is 6.42 Å². The van der Waals surface area contributed by atoms with E-state index in [0.29, 0.717) is 0 Å². The highest BCUT2D eigenvalue weighted by Gasteiger charge is 2.06. The van der Waals surface area contributed by atoms with Gasteiger partial charge in [-0.15, -0.1) is 11.3 Å². The van der Waals surface area contributed by atoms with Crippen LogP contribution in [0.1, 0.15) is 10.6 Å². The van der Waals surface area contributed by atoms with Gasteiger partial charge in [0.1, 0.15) is 11.6 Å². The Morgan fingerprint density at radius 3 is 2.71 bits per heavy atom. The van der Waals surface area contributed by atoms with Crippen molar-refractivity contribution in [1.82, 2.24) is 4.98 Å². The van der Waals surface area contributed by atoms with E-state index in [1.54, 1.807) is 30.6 Å². The van der Waals surface area contributed by atoms with Gasteiger partial charge in [0.15, 0.2) is 0 Å². The number of rotatable bonds is 4. The maximum Gasteiger partial charge on any atom is 0.123 e. The van der Waals surface area contributed by atoms with Crippen LogP contribution in [0.25, 0.3) is 11.3 Å². The average molecular weight is 299 g/mol. The van der Waals surface area contributed by atoms with Gasteiger partial charge in [-0.2, -0.15) is 0 Å². The monoisotopic (exact) mass is 299 g/mol. The maximum atomic E-state index is 12.9. The Kier molecular flexibility index (Phi) is 3.97. The van der Waals surface area contributed by atoms with E-state index in [4.69, 9.17) is 4.74 Å². The van der Waals surface area contributed by atoms with Crippen molar-refractivity contribution in [3.8, 4) is 17.0 Å². The number of benzene rings is 2. The Hall–Kier alpha value is -2.20. The molecule has 0 unspecified atom stereocenters. The SMILES string of the molecule is COc1cccc(Cc2nc(-c3ccc(F)cc3)cs2)c1. The van der Waals surface area contributed by atoms with Crippen molar-refractivity contribution >= 4 is 11.3 Å². The van der Waals surface area contributed by atoms with Crippen LogP contribution in [0.3, 0.4) is 0 Å². The van der Waals surface area contributed by atoms with Crippen LogP contribution in [0, 0.1) is 5.82 Å². The molecular formula is C17H14FNOS. The summed E-state index contributed by atoms with van der Waals surface area (Å²) in [5, 5.41) is 3.03. The van der Waals surface area contributed by atoms with E-state index in [1.165, 1.54) is 12.1 Å². The van der Waals surface area contributed by atoms with Gasteiger partial charge in [0.25, 0.3) is 0 Å². The first kappa shape index (κ1) is 13.8. The number of methoxy groups -OCH3 is 1. The van der Waals surface area contributed by atoms with Gasteiger partial charge in [-0.1, -0.05) is 12.1 Å². The fraction of sp³-hybridized carbons (Fsp3) is 0.118. The van der Waals surface area contributed by atoms with Crippen molar-refractivity contribution in [1.29, 1.82) is 0 Å². The Bertz CT molecular complexity index is 737. The van der Waals surface area contributed by atoms with Crippen LogP contribution < -0.4 is 4.74 Å². The van der Waals surface area contributed by atoms with Crippen LogP contribution in [0.15, 0.2) is 53.9 Å². The summed E-state index contributed by atoms with van der Waals surface area (Å²) in [6.07, 6.45) is 0.767.